The maximum atomic E-state index is 12.5. The number of methoxy groups -OCH3 is 1. The van der Waals surface area contributed by atoms with Crippen LogP contribution in [-0.2, 0) is 12.3 Å². The first-order valence-corrected chi connectivity index (χ1v) is 12.5. The number of benzene rings is 3. The summed E-state index contributed by atoms with van der Waals surface area (Å²) in [6.45, 7) is 0.0285. The third kappa shape index (κ3) is 6.70. The monoisotopic (exact) mass is 558 g/mol. The van der Waals surface area contributed by atoms with E-state index in [1.54, 1.807) is 35.9 Å². The third-order valence-corrected chi connectivity index (χ3v) is 6.66. The van der Waals surface area contributed by atoms with Gasteiger partial charge < -0.3 is 15.4 Å². The molecule has 0 unspecified atom stereocenters. The van der Waals surface area contributed by atoms with Gasteiger partial charge >= 0.3 is 6.03 Å². The summed E-state index contributed by atoms with van der Waals surface area (Å²) in [6.07, 6.45) is 0. The van der Waals surface area contributed by atoms with Crippen LogP contribution in [0.3, 0.4) is 0 Å². The second-order valence-electron chi connectivity index (χ2n) is 7.58. The Hall–Kier alpha value is -3.80. The minimum absolute atomic E-state index is 0.0285. The molecule has 1 heterocycles. The maximum absolute atomic E-state index is 12.5. The first kappa shape index (κ1) is 26.3. The zero-order valence-corrected chi connectivity index (χ0v) is 21.7. The van der Waals surface area contributed by atoms with Crippen molar-refractivity contribution in [2.45, 2.75) is 17.5 Å². The highest BCUT2D eigenvalue weighted by Gasteiger charge is 2.17. The van der Waals surface area contributed by atoms with Crippen LogP contribution in [0.5, 0.6) is 5.75 Å². The molecule has 4 aromatic rings. The first-order chi connectivity index (χ1) is 17.8. The Morgan fingerprint density at radius 2 is 1.89 bits per heavy atom. The van der Waals surface area contributed by atoms with E-state index in [0.29, 0.717) is 38.2 Å². The van der Waals surface area contributed by atoms with Crippen molar-refractivity contribution in [2.75, 3.05) is 12.4 Å². The Bertz CT molecular complexity index is 1430. The Morgan fingerprint density at radius 3 is 2.59 bits per heavy atom. The van der Waals surface area contributed by atoms with Gasteiger partial charge in [0.25, 0.3) is 5.69 Å². The number of anilines is 1. The Morgan fingerprint density at radius 1 is 1.11 bits per heavy atom. The van der Waals surface area contributed by atoms with Gasteiger partial charge in [-0.05, 0) is 48.0 Å². The predicted octanol–water partition coefficient (Wildman–Crippen LogP) is 6.10. The Balaban J connectivity index is 1.54. The lowest BCUT2D eigenvalue weighted by atomic mass is 10.2. The van der Waals surface area contributed by atoms with Gasteiger partial charge in [0, 0.05) is 28.6 Å². The number of nitrogens with zero attached hydrogens (tertiary/aromatic N) is 4. The number of nitro benzene ring substituents is 1. The van der Waals surface area contributed by atoms with Crippen LogP contribution in [0, 0.1) is 10.1 Å². The van der Waals surface area contributed by atoms with Gasteiger partial charge in [-0.15, -0.1) is 10.2 Å². The summed E-state index contributed by atoms with van der Waals surface area (Å²) in [4.78, 5) is 23.1. The fourth-order valence-corrected chi connectivity index (χ4v) is 4.69. The van der Waals surface area contributed by atoms with E-state index in [0.717, 1.165) is 11.3 Å². The van der Waals surface area contributed by atoms with Crippen LogP contribution in [-0.4, -0.2) is 32.8 Å². The number of carbonyl (C=O) groups is 1. The van der Waals surface area contributed by atoms with Crippen molar-refractivity contribution in [3.05, 3.63) is 98.3 Å². The number of urea groups is 1. The molecule has 0 fully saturated rings. The van der Waals surface area contributed by atoms with E-state index in [-0.39, 0.29) is 12.2 Å². The van der Waals surface area contributed by atoms with E-state index in [1.807, 2.05) is 24.3 Å². The number of nitro groups is 1. The zero-order chi connectivity index (χ0) is 26.4. The Kier molecular flexibility index (Phi) is 8.49. The lowest BCUT2D eigenvalue weighted by molar-refractivity contribution is -0.384. The van der Waals surface area contributed by atoms with Gasteiger partial charge in [0.1, 0.15) is 5.75 Å². The fourth-order valence-electron chi connectivity index (χ4n) is 3.32. The van der Waals surface area contributed by atoms with Crippen LogP contribution in [0.4, 0.5) is 16.2 Å². The molecule has 1 aromatic heterocycles. The molecular formula is C24H20Cl2N6O4S. The molecule has 0 bridgehead atoms. The van der Waals surface area contributed by atoms with Crippen LogP contribution < -0.4 is 15.4 Å². The molecule has 0 aliphatic carbocycles. The third-order valence-electron chi connectivity index (χ3n) is 5.11. The van der Waals surface area contributed by atoms with Gasteiger partial charge in [0.15, 0.2) is 11.0 Å². The number of thioether (sulfide) groups is 1. The molecule has 0 saturated carbocycles. The van der Waals surface area contributed by atoms with E-state index in [1.165, 1.54) is 30.0 Å². The average molecular weight is 559 g/mol. The number of non-ortho nitro benzene ring substituents is 1. The van der Waals surface area contributed by atoms with E-state index >= 15 is 0 Å². The van der Waals surface area contributed by atoms with E-state index < -0.39 is 11.0 Å². The first-order valence-electron chi connectivity index (χ1n) is 10.8. The number of ether oxygens (including phenoxy) is 1. The predicted molar refractivity (Wildman–Crippen MR) is 143 cm³/mol. The van der Waals surface area contributed by atoms with Gasteiger partial charge in [-0.3, -0.25) is 14.7 Å². The molecule has 4 rings (SSSR count). The highest BCUT2D eigenvalue weighted by molar-refractivity contribution is 7.98. The number of hydrogen-bond acceptors (Lipinski definition) is 7. The quantitative estimate of drug-likeness (QED) is 0.144. The second-order valence-corrected chi connectivity index (χ2v) is 9.37. The van der Waals surface area contributed by atoms with Crippen molar-refractivity contribution in [3.8, 4) is 11.4 Å². The van der Waals surface area contributed by atoms with Crippen LogP contribution in [0.2, 0.25) is 10.0 Å². The standard InChI is InChI=1S/C24H20Cl2N6O4S/c1-36-19-4-2-3-15(11-19)14-37-24-30-29-22(31(24)17-6-8-18(9-7-17)32(34)35)13-27-23(33)28-21-10-5-16(25)12-20(21)26/h2-12H,13-14H2,1H3,(H2,27,28,33). The summed E-state index contributed by atoms with van der Waals surface area (Å²) in [5.74, 6) is 1.75. The average Bonchev–Trinajstić information content (AvgIpc) is 3.30. The normalized spacial score (nSPS) is 10.7. The molecule has 37 heavy (non-hydrogen) atoms. The van der Waals surface area contributed by atoms with Crippen LogP contribution in [0.25, 0.3) is 5.69 Å². The minimum Gasteiger partial charge on any atom is -0.497 e. The van der Waals surface area contributed by atoms with Gasteiger partial charge in [0.2, 0.25) is 0 Å². The molecule has 190 valence electrons. The molecule has 2 N–H and O–H groups in total. The lowest BCUT2D eigenvalue weighted by Crippen LogP contribution is -2.29. The fraction of sp³-hybridized carbons (Fsp3) is 0.125. The minimum atomic E-state index is -0.506. The van der Waals surface area contributed by atoms with E-state index in [4.69, 9.17) is 27.9 Å². The summed E-state index contributed by atoms with van der Waals surface area (Å²) < 4.78 is 7.03. The summed E-state index contributed by atoms with van der Waals surface area (Å²) in [5, 5.41) is 26.3. The van der Waals surface area contributed by atoms with Crippen LogP contribution in [0.1, 0.15) is 11.4 Å². The largest absolute Gasteiger partial charge is 0.497 e. The molecular weight excluding hydrogens is 539 g/mol. The van der Waals surface area contributed by atoms with Crippen molar-refractivity contribution < 1.29 is 14.5 Å². The Labute approximate surface area is 226 Å². The summed E-state index contributed by atoms with van der Waals surface area (Å²) in [5.41, 5.74) is 1.99. The number of aromatic nitrogens is 3. The molecule has 0 radical (unpaired) electrons. The SMILES string of the molecule is COc1cccc(CSc2nnc(CNC(=O)Nc3ccc(Cl)cc3Cl)n2-c2ccc([N+](=O)[O-])cc2)c1. The maximum Gasteiger partial charge on any atom is 0.319 e. The summed E-state index contributed by atoms with van der Waals surface area (Å²) in [6, 6.07) is 17.9. The number of hydrogen-bond donors (Lipinski definition) is 2. The highest BCUT2D eigenvalue weighted by atomic mass is 35.5. The molecule has 10 nitrogen and oxygen atoms in total. The molecule has 13 heteroatoms. The molecule has 0 aliphatic heterocycles. The van der Waals surface area contributed by atoms with Gasteiger partial charge in [0.05, 0.1) is 29.3 Å². The summed E-state index contributed by atoms with van der Waals surface area (Å²) in [7, 11) is 1.60. The number of carbonyl (C=O) groups excluding carboxylic acids is 1. The zero-order valence-electron chi connectivity index (χ0n) is 19.4. The van der Waals surface area contributed by atoms with Crippen molar-refractivity contribution in [2.24, 2.45) is 0 Å². The van der Waals surface area contributed by atoms with Gasteiger partial charge in [-0.25, -0.2) is 4.79 Å². The molecule has 3 aromatic carbocycles. The second kappa shape index (κ2) is 12.0. The lowest BCUT2D eigenvalue weighted by Gasteiger charge is -2.12. The highest BCUT2D eigenvalue weighted by Crippen LogP contribution is 2.28. The van der Waals surface area contributed by atoms with E-state index in [9.17, 15) is 14.9 Å². The van der Waals surface area contributed by atoms with Gasteiger partial charge in [-0.1, -0.05) is 47.1 Å². The topological polar surface area (TPSA) is 124 Å². The molecule has 2 amide bonds. The van der Waals surface area contributed by atoms with Gasteiger partial charge in [-0.2, -0.15) is 0 Å². The number of rotatable bonds is 9. The van der Waals surface area contributed by atoms with Crippen LogP contribution >= 0.6 is 35.0 Å². The van der Waals surface area contributed by atoms with Crippen molar-refractivity contribution in [1.82, 2.24) is 20.1 Å². The van der Waals surface area contributed by atoms with Crippen molar-refractivity contribution in [1.29, 1.82) is 0 Å². The number of nitrogens with one attached hydrogen (secondary N) is 2. The van der Waals surface area contributed by atoms with Crippen LogP contribution in [0.15, 0.2) is 71.9 Å². The van der Waals surface area contributed by atoms with Crippen molar-refractivity contribution >= 4 is 52.4 Å². The van der Waals surface area contributed by atoms with E-state index in [2.05, 4.69) is 20.8 Å². The molecule has 0 saturated heterocycles. The number of halogens is 2. The smallest absolute Gasteiger partial charge is 0.319 e. The summed E-state index contributed by atoms with van der Waals surface area (Å²) >= 11 is 13.5. The van der Waals surface area contributed by atoms with Crippen molar-refractivity contribution in [3.63, 3.8) is 0 Å². The molecule has 0 spiro atoms. The number of amides is 2. The molecule has 0 aliphatic rings. The molecule has 0 atom stereocenters.